The molecule has 1 unspecified atom stereocenters. The highest BCUT2D eigenvalue weighted by Crippen LogP contribution is 2.27. The van der Waals surface area contributed by atoms with Crippen LogP contribution in [0.2, 0.25) is 5.02 Å². The van der Waals surface area contributed by atoms with E-state index < -0.39 is 0 Å². The van der Waals surface area contributed by atoms with E-state index in [2.05, 4.69) is 30.1 Å². The predicted octanol–water partition coefficient (Wildman–Crippen LogP) is 3.61. The summed E-state index contributed by atoms with van der Waals surface area (Å²) in [6, 6.07) is 4.68. The van der Waals surface area contributed by atoms with Gasteiger partial charge in [-0.25, -0.2) is 4.98 Å². The highest BCUT2D eigenvalue weighted by Gasteiger charge is 2.24. The summed E-state index contributed by atoms with van der Waals surface area (Å²) in [6.45, 7) is 7.29. The van der Waals surface area contributed by atoms with E-state index in [0.29, 0.717) is 6.04 Å². The Labute approximate surface area is 121 Å². The lowest BCUT2D eigenvalue weighted by Gasteiger charge is -2.25. The molecule has 1 aliphatic rings. The van der Waals surface area contributed by atoms with E-state index in [1.54, 1.807) is 0 Å². The lowest BCUT2D eigenvalue weighted by Crippen LogP contribution is -2.29. The summed E-state index contributed by atoms with van der Waals surface area (Å²) in [7, 11) is 0. The molecule has 1 aromatic heterocycles. The minimum atomic E-state index is 0.644. The first-order valence-electron chi connectivity index (χ1n) is 7.39. The third-order valence-electron chi connectivity index (χ3n) is 3.77. The maximum Gasteiger partial charge on any atom is 0.129 e. The normalized spacial score (nSPS) is 19.1. The molecule has 0 bridgehead atoms. The predicted molar refractivity (Wildman–Crippen MR) is 81.9 cm³/mol. The zero-order chi connectivity index (χ0) is 13.7. The minimum Gasteiger partial charge on any atom is -0.354 e. The summed E-state index contributed by atoms with van der Waals surface area (Å²) < 4.78 is 0. The molecular weight excluding hydrogens is 258 g/mol. The van der Waals surface area contributed by atoms with Crippen LogP contribution in [0, 0.1) is 0 Å². The molecule has 4 heteroatoms. The molecule has 106 valence electrons. The van der Waals surface area contributed by atoms with Gasteiger partial charge in [-0.2, -0.15) is 0 Å². The van der Waals surface area contributed by atoms with Crippen LogP contribution in [0.4, 0.5) is 5.82 Å². The summed E-state index contributed by atoms with van der Waals surface area (Å²) in [5.41, 5.74) is 0.967. The first-order chi connectivity index (χ1) is 9.26. The van der Waals surface area contributed by atoms with Crippen LogP contribution in [-0.2, 0) is 6.54 Å². The van der Waals surface area contributed by atoms with Crippen molar-refractivity contribution in [1.82, 2.24) is 10.3 Å². The lowest BCUT2D eigenvalue weighted by molar-refractivity contribution is 0.634. The van der Waals surface area contributed by atoms with Gasteiger partial charge in [0.05, 0.1) is 10.7 Å². The van der Waals surface area contributed by atoms with Gasteiger partial charge in [0.2, 0.25) is 0 Å². The Morgan fingerprint density at radius 2 is 2.26 bits per heavy atom. The van der Waals surface area contributed by atoms with E-state index in [-0.39, 0.29) is 0 Å². The van der Waals surface area contributed by atoms with Crippen molar-refractivity contribution in [2.24, 2.45) is 0 Å². The smallest absolute Gasteiger partial charge is 0.129 e. The number of pyridine rings is 1. The molecule has 1 N–H and O–H groups in total. The van der Waals surface area contributed by atoms with Crippen molar-refractivity contribution >= 4 is 17.4 Å². The average molecular weight is 282 g/mol. The van der Waals surface area contributed by atoms with Crippen molar-refractivity contribution in [2.45, 2.75) is 52.1 Å². The highest BCUT2D eigenvalue weighted by molar-refractivity contribution is 6.31. The Balaban J connectivity index is 2.11. The molecule has 1 aromatic rings. The number of anilines is 1. The second-order valence-corrected chi connectivity index (χ2v) is 5.58. The highest BCUT2D eigenvalue weighted by atomic mass is 35.5. The van der Waals surface area contributed by atoms with Gasteiger partial charge in [0.1, 0.15) is 5.82 Å². The third-order valence-corrected chi connectivity index (χ3v) is 4.11. The third kappa shape index (κ3) is 3.61. The fourth-order valence-electron chi connectivity index (χ4n) is 2.70. The minimum absolute atomic E-state index is 0.644. The molecule has 2 rings (SSSR count). The monoisotopic (exact) mass is 281 g/mol. The van der Waals surface area contributed by atoms with E-state index in [9.17, 15) is 0 Å². The molecule has 19 heavy (non-hydrogen) atoms. The van der Waals surface area contributed by atoms with Gasteiger partial charge in [0.15, 0.2) is 0 Å². The van der Waals surface area contributed by atoms with Crippen LogP contribution in [0.15, 0.2) is 12.1 Å². The maximum atomic E-state index is 6.23. The zero-order valence-electron chi connectivity index (χ0n) is 12.0. The van der Waals surface area contributed by atoms with E-state index in [1.807, 2.05) is 6.07 Å². The molecule has 1 atom stereocenters. The number of halogens is 1. The first kappa shape index (κ1) is 14.6. The van der Waals surface area contributed by atoms with Crippen molar-refractivity contribution in [3.8, 4) is 0 Å². The molecule has 1 aliphatic heterocycles. The van der Waals surface area contributed by atoms with Crippen LogP contribution in [0.1, 0.15) is 45.2 Å². The summed E-state index contributed by atoms with van der Waals surface area (Å²) in [4.78, 5) is 7.19. The fourth-order valence-corrected chi connectivity index (χ4v) is 2.87. The molecule has 0 aromatic carbocycles. The molecule has 3 nitrogen and oxygen atoms in total. The van der Waals surface area contributed by atoms with Gasteiger partial charge in [-0.05, 0) is 44.4 Å². The molecule has 1 fully saturated rings. The van der Waals surface area contributed by atoms with Crippen LogP contribution >= 0.6 is 11.6 Å². The van der Waals surface area contributed by atoms with E-state index in [4.69, 9.17) is 16.6 Å². The Morgan fingerprint density at radius 1 is 1.42 bits per heavy atom. The molecule has 0 saturated carbocycles. The van der Waals surface area contributed by atoms with Crippen LogP contribution < -0.4 is 10.2 Å². The van der Waals surface area contributed by atoms with E-state index in [0.717, 1.165) is 42.6 Å². The summed E-state index contributed by atoms with van der Waals surface area (Å²) >= 11 is 6.23. The van der Waals surface area contributed by atoms with Gasteiger partial charge in [0.25, 0.3) is 0 Å². The Hall–Kier alpha value is -0.800. The van der Waals surface area contributed by atoms with Crippen LogP contribution in [0.5, 0.6) is 0 Å². The summed E-state index contributed by atoms with van der Waals surface area (Å²) in [5, 5.41) is 4.13. The number of nitrogens with one attached hydrogen (secondary N) is 1. The molecule has 0 amide bonds. The largest absolute Gasteiger partial charge is 0.354 e. The molecule has 0 spiro atoms. The van der Waals surface area contributed by atoms with Crippen LogP contribution in [0.25, 0.3) is 0 Å². The SMILES string of the molecule is CCCNCc1nc(N2CCCC2CC)ccc1Cl. The van der Waals surface area contributed by atoms with E-state index in [1.165, 1.54) is 19.3 Å². The fraction of sp³-hybridized carbons (Fsp3) is 0.667. The Kier molecular flexibility index (Phi) is 5.46. The Bertz CT molecular complexity index is 408. The number of rotatable bonds is 6. The number of nitrogens with zero attached hydrogens (tertiary/aromatic N) is 2. The molecule has 0 aliphatic carbocycles. The van der Waals surface area contributed by atoms with Gasteiger partial charge >= 0.3 is 0 Å². The van der Waals surface area contributed by atoms with E-state index >= 15 is 0 Å². The van der Waals surface area contributed by atoms with Gasteiger partial charge in [-0.15, -0.1) is 0 Å². The molecule has 2 heterocycles. The van der Waals surface area contributed by atoms with Crippen molar-refractivity contribution in [2.75, 3.05) is 18.0 Å². The summed E-state index contributed by atoms with van der Waals surface area (Å²) in [6.07, 6.45) is 4.87. The van der Waals surface area contributed by atoms with Gasteiger partial charge in [0, 0.05) is 19.1 Å². The number of hydrogen-bond donors (Lipinski definition) is 1. The second-order valence-electron chi connectivity index (χ2n) is 5.17. The molecule has 1 saturated heterocycles. The summed E-state index contributed by atoms with van der Waals surface area (Å²) in [5.74, 6) is 1.09. The van der Waals surface area contributed by atoms with Crippen molar-refractivity contribution < 1.29 is 0 Å². The molecule has 0 radical (unpaired) electrons. The van der Waals surface area contributed by atoms with Gasteiger partial charge < -0.3 is 10.2 Å². The first-order valence-corrected chi connectivity index (χ1v) is 7.76. The number of hydrogen-bond acceptors (Lipinski definition) is 3. The topological polar surface area (TPSA) is 28.2 Å². The van der Waals surface area contributed by atoms with Crippen LogP contribution in [0.3, 0.4) is 0 Å². The quantitative estimate of drug-likeness (QED) is 0.808. The van der Waals surface area contributed by atoms with Crippen molar-refractivity contribution in [1.29, 1.82) is 0 Å². The van der Waals surface area contributed by atoms with Crippen molar-refractivity contribution in [3.63, 3.8) is 0 Å². The molecular formula is C15H24ClN3. The second kappa shape index (κ2) is 7.11. The lowest BCUT2D eigenvalue weighted by atomic mass is 10.2. The Morgan fingerprint density at radius 3 is 3.00 bits per heavy atom. The average Bonchev–Trinajstić information content (AvgIpc) is 2.89. The van der Waals surface area contributed by atoms with Gasteiger partial charge in [-0.3, -0.25) is 0 Å². The zero-order valence-corrected chi connectivity index (χ0v) is 12.7. The van der Waals surface area contributed by atoms with Crippen molar-refractivity contribution in [3.05, 3.63) is 22.8 Å². The standard InChI is InChI=1S/C15H24ClN3/c1-3-9-17-11-14-13(16)7-8-15(18-14)19-10-5-6-12(19)4-2/h7-8,12,17H,3-6,9-11H2,1-2H3. The maximum absolute atomic E-state index is 6.23. The van der Waals surface area contributed by atoms with Crippen LogP contribution in [-0.4, -0.2) is 24.1 Å². The van der Waals surface area contributed by atoms with Gasteiger partial charge in [-0.1, -0.05) is 25.4 Å². The number of aromatic nitrogens is 1.